The molecule has 0 aliphatic carbocycles. The first-order valence-electron chi connectivity index (χ1n) is 6.32. The van der Waals surface area contributed by atoms with Gasteiger partial charge in [-0.2, -0.15) is 0 Å². The molecule has 0 saturated carbocycles. The van der Waals surface area contributed by atoms with E-state index >= 15 is 0 Å². The number of hydrogen-bond donors (Lipinski definition) is 3. The van der Waals surface area contributed by atoms with E-state index in [1.807, 2.05) is 0 Å². The molecule has 0 aliphatic heterocycles. The van der Waals surface area contributed by atoms with Gasteiger partial charge in [0.1, 0.15) is 0 Å². The van der Waals surface area contributed by atoms with Crippen molar-refractivity contribution in [3.05, 3.63) is 59.1 Å². The minimum Gasteiger partial charge on any atom is -0.504 e. The summed E-state index contributed by atoms with van der Waals surface area (Å²) in [5.74, 6) is -1.02. The van der Waals surface area contributed by atoms with Crippen LogP contribution in [0.4, 0.5) is 0 Å². The van der Waals surface area contributed by atoms with Crippen molar-refractivity contribution in [3.8, 4) is 11.5 Å². The number of hydrazine groups is 1. The zero-order chi connectivity index (χ0) is 15.9. The Morgan fingerprint density at radius 1 is 1.05 bits per heavy atom. The number of amides is 2. The van der Waals surface area contributed by atoms with E-state index in [0.717, 1.165) is 0 Å². The van der Waals surface area contributed by atoms with Gasteiger partial charge in [-0.15, -0.1) is 0 Å². The van der Waals surface area contributed by atoms with E-state index in [4.69, 9.17) is 16.3 Å². The fraction of sp³-hybridized carbons (Fsp3) is 0.0667. The number of carbonyl (C=O) groups is 2. The van der Waals surface area contributed by atoms with Crippen molar-refractivity contribution in [2.75, 3.05) is 6.61 Å². The summed E-state index contributed by atoms with van der Waals surface area (Å²) in [5, 5.41) is 9.76. The molecule has 0 heterocycles. The second-order valence-electron chi connectivity index (χ2n) is 4.24. The highest BCUT2D eigenvalue weighted by Crippen LogP contribution is 2.23. The molecule has 7 heteroatoms. The number of ether oxygens (including phenoxy) is 1. The predicted octanol–water partition coefficient (Wildman–Crippen LogP) is 1.89. The van der Waals surface area contributed by atoms with Gasteiger partial charge in [0, 0.05) is 0 Å². The number of nitrogens with one attached hydrogen (secondary N) is 2. The number of para-hydroxylation sites is 2. The van der Waals surface area contributed by atoms with Crippen LogP contribution in [-0.2, 0) is 4.79 Å². The molecule has 6 nitrogen and oxygen atoms in total. The number of halogens is 1. The molecule has 0 saturated heterocycles. The van der Waals surface area contributed by atoms with Crippen molar-refractivity contribution in [1.82, 2.24) is 10.9 Å². The lowest BCUT2D eigenvalue weighted by molar-refractivity contribution is -0.123. The van der Waals surface area contributed by atoms with Gasteiger partial charge in [-0.3, -0.25) is 20.4 Å². The Hall–Kier alpha value is -2.73. The van der Waals surface area contributed by atoms with Gasteiger partial charge >= 0.3 is 0 Å². The van der Waals surface area contributed by atoms with Crippen molar-refractivity contribution < 1.29 is 19.4 Å². The SMILES string of the molecule is O=C(COc1ccccc1O)NNC(=O)c1ccccc1Cl. The molecule has 2 aromatic carbocycles. The van der Waals surface area contributed by atoms with Gasteiger partial charge in [-0.05, 0) is 24.3 Å². The van der Waals surface area contributed by atoms with Gasteiger partial charge in [-0.25, -0.2) is 0 Å². The number of hydrogen-bond acceptors (Lipinski definition) is 4. The van der Waals surface area contributed by atoms with Gasteiger partial charge in [0.05, 0.1) is 10.6 Å². The van der Waals surface area contributed by atoms with E-state index in [1.54, 1.807) is 30.3 Å². The van der Waals surface area contributed by atoms with Crippen LogP contribution in [0.15, 0.2) is 48.5 Å². The van der Waals surface area contributed by atoms with Gasteiger partial charge in [0.15, 0.2) is 18.1 Å². The van der Waals surface area contributed by atoms with Crippen molar-refractivity contribution >= 4 is 23.4 Å². The fourth-order valence-electron chi connectivity index (χ4n) is 1.60. The lowest BCUT2D eigenvalue weighted by Crippen LogP contribution is -2.43. The minimum absolute atomic E-state index is 0.0737. The number of phenols is 1. The highest BCUT2D eigenvalue weighted by atomic mass is 35.5. The van der Waals surface area contributed by atoms with Crippen LogP contribution in [0.25, 0.3) is 0 Å². The highest BCUT2D eigenvalue weighted by Gasteiger charge is 2.11. The number of phenolic OH excluding ortho intramolecular Hbond substituents is 1. The Labute approximate surface area is 131 Å². The summed E-state index contributed by atoms with van der Waals surface area (Å²) in [6, 6.07) is 12.7. The summed E-state index contributed by atoms with van der Waals surface area (Å²) >= 11 is 5.87. The van der Waals surface area contributed by atoms with E-state index in [-0.39, 0.29) is 28.7 Å². The lowest BCUT2D eigenvalue weighted by Gasteiger charge is -2.10. The smallest absolute Gasteiger partial charge is 0.276 e. The first-order chi connectivity index (χ1) is 10.6. The molecule has 0 bridgehead atoms. The molecular formula is C15H13ClN2O4. The number of aromatic hydroxyl groups is 1. The standard InChI is InChI=1S/C15H13ClN2O4/c16-11-6-2-1-5-10(11)15(21)18-17-14(20)9-22-13-8-4-3-7-12(13)19/h1-8,19H,9H2,(H,17,20)(H,18,21). The summed E-state index contributed by atoms with van der Waals surface area (Å²) in [7, 11) is 0. The molecule has 0 unspecified atom stereocenters. The Kier molecular flexibility index (Phi) is 5.21. The normalized spacial score (nSPS) is 9.86. The molecule has 0 aliphatic rings. The van der Waals surface area contributed by atoms with Gasteiger partial charge in [-0.1, -0.05) is 35.9 Å². The predicted molar refractivity (Wildman–Crippen MR) is 80.7 cm³/mol. The van der Waals surface area contributed by atoms with Crippen LogP contribution < -0.4 is 15.6 Å². The monoisotopic (exact) mass is 320 g/mol. The Morgan fingerprint density at radius 2 is 1.73 bits per heavy atom. The third-order valence-corrected chi connectivity index (χ3v) is 2.99. The first-order valence-corrected chi connectivity index (χ1v) is 6.70. The quantitative estimate of drug-likeness (QED) is 0.751. The van der Waals surface area contributed by atoms with Gasteiger partial charge in [0.25, 0.3) is 11.8 Å². The first kappa shape index (κ1) is 15.7. The average Bonchev–Trinajstić information content (AvgIpc) is 2.52. The van der Waals surface area contributed by atoms with Crippen LogP contribution >= 0.6 is 11.6 Å². The molecule has 0 spiro atoms. The minimum atomic E-state index is -0.580. The van der Waals surface area contributed by atoms with Crippen LogP contribution in [-0.4, -0.2) is 23.5 Å². The van der Waals surface area contributed by atoms with E-state index in [2.05, 4.69) is 10.9 Å². The fourth-order valence-corrected chi connectivity index (χ4v) is 1.82. The third kappa shape index (κ3) is 4.13. The number of rotatable bonds is 4. The van der Waals surface area contributed by atoms with Crippen molar-refractivity contribution in [3.63, 3.8) is 0 Å². The molecule has 114 valence electrons. The van der Waals surface area contributed by atoms with Crippen LogP contribution in [0.5, 0.6) is 11.5 Å². The molecule has 2 aromatic rings. The zero-order valence-corrected chi connectivity index (χ0v) is 12.1. The van der Waals surface area contributed by atoms with Crippen LogP contribution in [0.1, 0.15) is 10.4 Å². The topological polar surface area (TPSA) is 87.7 Å². The van der Waals surface area contributed by atoms with Gasteiger partial charge in [0.2, 0.25) is 0 Å². The van der Waals surface area contributed by atoms with Gasteiger partial charge < -0.3 is 9.84 Å². The lowest BCUT2D eigenvalue weighted by atomic mass is 10.2. The summed E-state index contributed by atoms with van der Waals surface area (Å²) < 4.78 is 5.12. The molecule has 2 amide bonds. The molecule has 22 heavy (non-hydrogen) atoms. The second-order valence-corrected chi connectivity index (χ2v) is 4.65. The summed E-state index contributed by atoms with van der Waals surface area (Å²) in [6.07, 6.45) is 0. The van der Waals surface area contributed by atoms with E-state index in [9.17, 15) is 14.7 Å². The maximum absolute atomic E-state index is 11.8. The third-order valence-electron chi connectivity index (χ3n) is 2.66. The van der Waals surface area contributed by atoms with Crippen LogP contribution in [0.3, 0.4) is 0 Å². The van der Waals surface area contributed by atoms with E-state index < -0.39 is 11.8 Å². The Morgan fingerprint density at radius 3 is 2.45 bits per heavy atom. The largest absolute Gasteiger partial charge is 0.504 e. The average molecular weight is 321 g/mol. The maximum Gasteiger partial charge on any atom is 0.276 e. The summed E-state index contributed by atoms with van der Waals surface area (Å²) in [4.78, 5) is 23.4. The summed E-state index contributed by atoms with van der Waals surface area (Å²) in [5.41, 5.74) is 4.66. The highest BCUT2D eigenvalue weighted by molar-refractivity contribution is 6.33. The molecule has 0 radical (unpaired) electrons. The zero-order valence-electron chi connectivity index (χ0n) is 11.4. The summed E-state index contributed by atoms with van der Waals surface area (Å²) in [6.45, 7) is -0.361. The van der Waals surface area contributed by atoms with Crippen LogP contribution in [0.2, 0.25) is 5.02 Å². The van der Waals surface area contributed by atoms with E-state index in [0.29, 0.717) is 0 Å². The van der Waals surface area contributed by atoms with Crippen LogP contribution in [0, 0.1) is 0 Å². The molecular weight excluding hydrogens is 308 g/mol. The number of benzene rings is 2. The molecule has 3 N–H and O–H groups in total. The Bertz CT molecular complexity index is 691. The molecule has 0 atom stereocenters. The van der Waals surface area contributed by atoms with E-state index in [1.165, 1.54) is 18.2 Å². The van der Waals surface area contributed by atoms with Crippen molar-refractivity contribution in [1.29, 1.82) is 0 Å². The second kappa shape index (κ2) is 7.33. The van der Waals surface area contributed by atoms with Crippen molar-refractivity contribution in [2.24, 2.45) is 0 Å². The maximum atomic E-state index is 11.8. The Balaban J connectivity index is 1.82. The molecule has 2 rings (SSSR count). The molecule has 0 aromatic heterocycles. The van der Waals surface area contributed by atoms with Crippen molar-refractivity contribution in [2.45, 2.75) is 0 Å². The number of carbonyl (C=O) groups excluding carboxylic acids is 2. The molecule has 0 fully saturated rings.